The van der Waals surface area contributed by atoms with Gasteiger partial charge in [0.25, 0.3) is 0 Å². The summed E-state index contributed by atoms with van der Waals surface area (Å²) in [6.07, 6.45) is 3.36. The van der Waals surface area contributed by atoms with Crippen molar-refractivity contribution in [2.45, 2.75) is 33.4 Å². The molecule has 8 heteroatoms. The van der Waals surface area contributed by atoms with Crippen molar-refractivity contribution in [3.63, 3.8) is 0 Å². The first-order valence-corrected chi connectivity index (χ1v) is 8.52. The predicted molar refractivity (Wildman–Crippen MR) is 99.6 cm³/mol. The van der Waals surface area contributed by atoms with Crippen LogP contribution in [0, 0.1) is 6.92 Å². The molecular formula is C18H20N8. The molecule has 2 N–H and O–H groups in total. The van der Waals surface area contributed by atoms with Crippen molar-refractivity contribution in [1.29, 1.82) is 0 Å². The lowest BCUT2D eigenvalue weighted by Gasteiger charge is -2.06. The largest absolute Gasteiger partial charge is 0.361 e. The van der Waals surface area contributed by atoms with E-state index in [0.29, 0.717) is 17.9 Å². The van der Waals surface area contributed by atoms with Crippen molar-refractivity contribution in [2.24, 2.45) is 0 Å². The topological polar surface area (TPSA) is 97.2 Å². The lowest BCUT2D eigenvalue weighted by Crippen LogP contribution is -2.06. The van der Waals surface area contributed by atoms with Gasteiger partial charge in [0.1, 0.15) is 12.2 Å². The number of benzene rings is 1. The van der Waals surface area contributed by atoms with Crippen LogP contribution in [0.3, 0.4) is 0 Å². The molecule has 4 aromatic rings. The summed E-state index contributed by atoms with van der Waals surface area (Å²) in [6, 6.07) is 8.52. The van der Waals surface area contributed by atoms with Crippen molar-refractivity contribution in [3.05, 3.63) is 48.2 Å². The van der Waals surface area contributed by atoms with Gasteiger partial charge in [-0.3, -0.25) is 0 Å². The summed E-state index contributed by atoms with van der Waals surface area (Å²) < 4.78 is 1.78. The van der Waals surface area contributed by atoms with Crippen LogP contribution in [0.4, 0.5) is 5.82 Å². The van der Waals surface area contributed by atoms with Gasteiger partial charge in [-0.05, 0) is 26.3 Å². The van der Waals surface area contributed by atoms with Gasteiger partial charge in [0.15, 0.2) is 17.0 Å². The Bertz CT molecular complexity index is 1030. The van der Waals surface area contributed by atoms with Crippen LogP contribution in [-0.4, -0.2) is 34.9 Å². The predicted octanol–water partition coefficient (Wildman–Crippen LogP) is 3.11. The Kier molecular flexibility index (Phi) is 4.08. The molecule has 0 saturated carbocycles. The summed E-state index contributed by atoms with van der Waals surface area (Å²) in [6.45, 7) is 6.66. The maximum atomic E-state index is 4.44. The van der Waals surface area contributed by atoms with E-state index in [9.17, 15) is 0 Å². The van der Waals surface area contributed by atoms with Crippen LogP contribution >= 0.6 is 0 Å². The van der Waals surface area contributed by atoms with Crippen LogP contribution in [0.2, 0.25) is 0 Å². The molecule has 0 spiro atoms. The number of rotatable bonds is 5. The zero-order valence-corrected chi connectivity index (χ0v) is 14.9. The van der Waals surface area contributed by atoms with Gasteiger partial charge in [-0.1, -0.05) is 35.0 Å². The van der Waals surface area contributed by atoms with E-state index in [1.165, 1.54) is 11.9 Å². The van der Waals surface area contributed by atoms with E-state index >= 15 is 0 Å². The first-order chi connectivity index (χ1) is 12.6. The molecule has 1 aromatic carbocycles. The lowest BCUT2D eigenvalue weighted by atomic mass is 10.1. The van der Waals surface area contributed by atoms with Crippen LogP contribution in [-0.2, 0) is 6.54 Å². The van der Waals surface area contributed by atoms with Gasteiger partial charge >= 0.3 is 0 Å². The van der Waals surface area contributed by atoms with Gasteiger partial charge in [0.05, 0.1) is 24.5 Å². The molecule has 0 radical (unpaired) electrons. The quantitative estimate of drug-likeness (QED) is 0.575. The summed E-state index contributed by atoms with van der Waals surface area (Å²) in [5, 5.41) is 11.6. The third-order valence-corrected chi connectivity index (χ3v) is 4.16. The number of nitrogens with zero attached hydrogens (tertiary/aromatic N) is 6. The fraction of sp³-hybridized carbons (Fsp3) is 0.278. The molecule has 3 heterocycles. The average Bonchev–Trinajstić information content (AvgIpc) is 3.28. The fourth-order valence-electron chi connectivity index (χ4n) is 2.74. The van der Waals surface area contributed by atoms with Crippen molar-refractivity contribution < 1.29 is 0 Å². The second kappa shape index (κ2) is 6.55. The summed E-state index contributed by atoms with van der Waals surface area (Å²) >= 11 is 0. The minimum absolute atomic E-state index is 0.185. The second-order valence-corrected chi connectivity index (χ2v) is 6.49. The summed E-state index contributed by atoms with van der Waals surface area (Å²) in [4.78, 5) is 16.4. The number of hydrogen-bond acceptors (Lipinski definition) is 6. The molecule has 4 rings (SSSR count). The van der Waals surface area contributed by atoms with Gasteiger partial charge in [-0.25, -0.2) is 19.6 Å². The molecule has 132 valence electrons. The number of aromatic nitrogens is 7. The van der Waals surface area contributed by atoms with E-state index in [2.05, 4.69) is 66.8 Å². The number of fused-ring (bicyclic) bond motifs is 1. The standard InChI is InChI=1S/C18H20N8/c1-11(2)26-18-16(24-25-26)17(21-10-22-18)20-9-15-19-8-14(23-15)13-6-4-12(3)5-7-13/h4-8,10-11H,9H2,1-3H3,(H,19,23)(H,20,21,22). The van der Waals surface area contributed by atoms with E-state index in [1.54, 1.807) is 4.68 Å². The number of aryl methyl sites for hydroxylation is 1. The fourth-order valence-corrected chi connectivity index (χ4v) is 2.74. The highest BCUT2D eigenvalue weighted by molar-refractivity contribution is 5.81. The van der Waals surface area contributed by atoms with E-state index in [1.807, 2.05) is 20.0 Å². The Balaban J connectivity index is 1.53. The molecule has 0 saturated heterocycles. The highest BCUT2D eigenvalue weighted by Crippen LogP contribution is 2.20. The molecule has 0 aliphatic heterocycles. The van der Waals surface area contributed by atoms with Crippen molar-refractivity contribution >= 4 is 17.0 Å². The molecule has 0 amide bonds. The van der Waals surface area contributed by atoms with Gasteiger partial charge in [0, 0.05) is 0 Å². The number of hydrogen-bond donors (Lipinski definition) is 2. The highest BCUT2D eigenvalue weighted by Gasteiger charge is 2.13. The van der Waals surface area contributed by atoms with E-state index in [0.717, 1.165) is 22.7 Å². The molecule has 0 aliphatic carbocycles. The zero-order chi connectivity index (χ0) is 18.1. The Morgan fingerprint density at radius 2 is 1.92 bits per heavy atom. The number of anilines is 1. The summed E-state index contributed by atoms with van der Waals surface area (Å²) in [5.74, 6) is 1.47. The minimum Gasteiger partial charge on any atom is -0.361 e. The molecule has 0 aliphatic rings. The Morgan fingerprint density at radius 1 is 1.12 bits per heavy atom. The SMILES string of the molecule is Cc1ccc(-c2cnc(CNc3ncnc4c3nnn4C(C)C)[nH]2)cc1. The summed E-state index contributed by atoms with van der Waals surface area (Å²) in [7, 11) is 0. The smallest absolute Gasteiger partial charge is 0.184 e. The van der Waals surface area contributed by atoms with Crippen LogP contribution in [0.1, 0.15) is 31.3 Å². The molecule has 0 bridgehead atoms. The van der Waals surface area contributed by atoms with Gasteiger partial charge in [-0.2, -0.15) is 0 Å². The molecular weight excluding hydrogens is 328 g/mol. The number of nitrogens with one attached hydrogen (secondary N) is 2. The molecule has 0 atom stereocenters. The van der Waals surface area contributed by atoms with Crippen LogP contribution in [0.15, 0.2) is 36.8 Å². The second-order valence-electron chi connectivity index (χ2n) is 6.49. The molecule has 3 aromatic heterocycles. The van der Waals surface area contributed by atoms with Crippen molar-refractivity contribution in [2.75, 3.05) is 5.32 Å². The molecule has 26 heavy (non-hydrogen) atoms. The van der Waals surface area contributed by atoms with Crippen molar-refractivity contribution in [3.8, 4) is 11.3 Å². The van der Waals surface area contributed by atoms with E-state index in [4.69, 9.17) is 0 Å². The highest BCUT2D eigenvalue weighted by atomic mass is 15.5. The third-order valence-electron chi connectivity index (χ3n) is 4.16. The molecule has 0 fully saturated rings. The molecule has 0 unspecified atom stereocenters. The third kappa shape index (κ3) is 3.01. The number of imidazole rings is 1. The monoisotopic (exact) mass is 348 g/mol. The number of aromatic amines is 1. The normalized spacial score (nSPS) is 11.4. The Morgan fingerprint density at radius 3 is 2.69 bits per heavy atom. The van der Waals surface area contributed by atoms with Crippen LogP contribution in [0.5, 0.6) is 0 Å². The van der Waals surface area contributed by atoms with Gasteiger partial charge in [0.2, 0.25) is 0 Å². The van der Waals surface area contributed by atoms with Crippen molar-refractivity contribution in [1.82, 2.24) is 34.9 Å². The first kappa shape index (κ1) is 16.2. The Labute approximate surface area is 150 Å². The van der Waals surface area contributed by atoms with E-state index < -0.39 is 0 Å². The van der Waals surface area contributed by atoms with Gasteiger partial charge in [-0.15, -0.1) is 5.10 Å². The summed E-state index contributed by atoms with van der Waals surface area (Å²) in [5.41, 5.74) is 4.71. The molecule has 8 nitrogen and oxygen atoms in total. The minimum atomic E-state index is 0.185. The maximum absolute atomic E-state index is 4.44. The Hall–Kier alpha value is -3.29. The van der Waals surface area contributed by atoms with Crippen LogP contribution in [0.25, 0.3) is 22.4 Å². The van der Waals surface area contributed by atoms with Gasteiger partial charge < -0.3 is 10.3 Å². The van der Waals surface area contributed by atoms with E-state index in [-0.39, 0.29) is 6.04 Å². The first-order valence-electron chi connectivity index (χ1n) is 8.52. The average molecular weight is 348 g/mol. The lowest BCUT2D eigenvalue weighted by molar-refractivity contribution is 0.526. The van der Waals surface area contributed by atoms with Crippen LogP contribution < -0.4 is 5.32 Å². The maximum Gasteiger partial charge on any atom is 0.184 e. The number of H-pyrrole nitrogens is 1. The zero-order valence-electron chi connectivity index (χ0n) is 14.9.